The third-order valence-electron chi connectivity index (χ3n) is 1.22. The van der Waals surface area contributed by atoms with Crippen LogP contribution in [0.3, 0.4) is 0 Å². The summed E-state index contributed by atoms with van der Waals surface area (Å²) in [6.07, 6.45) is 1.02. The summed E-state index contributed by atoms with van der Waals surface area (Å²) >= 11 is 3.68. The van der Waals surface area contributed by atoms with Gasteiger partial charge in [0.1, 0.15) is 5.69 Å². The molecule has 0 unspecified atom stereocenters. The molecule has 1 heterocycles. The van der Waals surface area contributed by atoms with Crippen LogP contribution in [0.2, 0.25) is 0 Å². The van der Waals surface area contributed by atoms with E-state index in [0.29, 0.717) is 0 Å². The van der Waals surface area contributed by atoms with Crippen molar-refractivity contribution in [2.75, 3.05) is 0 Å². The first-order valence-corrected chi connectivity index (χ1v) is 3.21. The molecule has 0 aliphatic rings. The van der Waals surface area contributed by atoms with E-state index in [1.807, 2.05) is 0 Å². The third-order valence-corrected chi connectivity index (χ3v) is 1.55. The van der Waals surface area contributed by atoms with Crippen molar-refractivity contribution in [1.82, 2.24) is 3.97 Å². The minimum absolute atomic E-state index is 0.231. The van der Waals surface area contributed by atoms with Crippen LogP contribution in [0.1, 0.15) is 10.5 Å². The van der Waals surface area contributed by atoms with Crippen LogP contribution >= 0.6 is 12.8 Å². The highest BCUT2D eigenvalue weighted by molar-refractivity contribution is 7.78. The fourth-order valence-corrected chi connectivity index (χ4v) is 0.959. The van der Waals surface area contributed by atoms with Crippen LogP contribution in [0.4, 0.5) is 5.69 Å². The smallest absolute Gasteiger partial charge is 0.353 e. The van der Waals surface area contributed by atoms with E-state index in [9.17, 15) is 14.9 Å². The summed E-state index contributed by atoms with van der Waals surface area (Å²) in [5.74, 6) is -1.25. The predicted octanol–water partition coefficient (Wildman–Crippen LogP) is 0.787. The fraction of sp³-hybridized carbons (Fsp3) is 0. The van der Waals surface area contributed by atoms with Crippen molar-refractivity contribution in [3.8, 4) is 0 Å². The van der Waals surface area contributed by atoms with Crippen molar-refractivity contribution in [1.29, 1.82) is 0 Å². The zero-order valence-electron chi connectivity index (χ0n) is 5.67. The van der Waals surface area contributed by atoms with Crippen LogP contribution in [0.5, 0.6) is 0 Å². The average Bonchev–Trinajstić information content (AvgIpc) is 2.30. The van der Waals surface area contributed by atoms with Crippen LogP contribution in [0.15, 0.2) is 12.3 Å². The Bertz CT molecular complexity index is 345. The molecule has 0 radical (unpaired) electrons. The molecule has 7 heteroatoms. The lowest BCUT2D eigenvalue weighted by Gasteiger charge is -1.90. The second-order valence-electron chi connectivity index (χ2n) is 1.99. The first-order valence-electron chi connectivity index (χ1n) is 2.81. The van der Waals surface area contributed by atoms with E-state index >= 15 is 0 Å². The number of hydrogen-bond donors (Lipinski definition) is 2. The molecule has 0 fully saturated rings. The van der Waals surface area contributed by atoms with Gasteiger partial charge in [0.2, 0.25) is 0 Å². The molecule has 6 nitrogen and oxygen atoms in total. The largest absolute Gasteiger partial charge is 0.477 e. The molecule has 1 aromatic rings. The first-order chi connectivity index (χ1) is 5.52. The van der Waals surface area contributed by atoms with E-state index in [2.05, 4.69) is 12.8 Å². The number of hydrogen-bond acceptors (Lipinski definition) is 4. The van der Waals surface area contributed by atoms with Crippen molar-refractivity contribution in [2.45, 2.75) is 0 Å². The predicted molar refractivity (Wildman–Crippen MR) is 42.4 cm³/mol. The van der Waals surface area contributed by atoms with Gasteiger partial charge in [-0.05, 0) is 0 Å². The fourth-order valence-electron chi connectivity index (χ4n) is 0.698. The Labute approximate surface area is 72.1 Å². The zero-order chi connectivity index (χ0) is 9.30. The molecule has 64 valence electrons. The van der Waals surface area contributed by atoms with E-state index in [4.69, 9.17) is 5.11 Å². The van der Waals surface area contributed by atoms with Crippen molar-refractivity contribution in [3.63, 3.8) is 0 Å². The molecule has 1 aromatic heterocycles. The van der Waals surface area contributed by atoms with Gasteiger partial charge < -0.3 is 5.11 Å². The lowest BCUT2D eigenvalue weighted by molar-refractivity contribution is -0.384. The SMILES string of the molecule is O=C(O)c1cc([N+](=O)[O-])cn1S. The van der Waals surface area contributed by atoms with E-state index in [1.165, 1.54) is 0 Å². The van der Waals surface area contributed by atoms with Gasteiger partial charge in [-0.25, -0.2) is 4.79 Å². The normalized spacial score (nSPS) is 9.75. The van der Waals surface area contributed by atoms with Crippen LogP contribution in [0, 0.1) is 10.1 Å². The minimum Gasteiger partial charge on any atom is -0.477 e. The Hall–Kier alpha value is -1.50. The van der Waals surface area contributed by atoms with Gasteiger partial charge in [-0.3, -0.25) is 14.1 Å². The van der Waals surface area contributed by atoms with E-state index in [-0.39, 0.29) is 11.4 Å². The van der Waals surface area contributed by atoms with Crippen molar-refractivity contribution in [3.05, 3.63) is 28.1 Å². The standard InChI is InChI=1S/C5H4N2O4S/c8-5(9)4-1-3(7(10)11)2-6(4)12/h1-2,12H,(H,8,9). The number of aromatic carboxylic acids is 1. The Morgan fingerprint density at radius 1 is 1.75 bits per heavy atom. The van der Waals surface area contributed by atoms with Crippen LogP contribution in [-0.2, 0) is 0 Å². The molecule has 0 aliphatic carbocycles. The van der Waals surface area contributed by atoms with Gasteiger partial charge in [-0.2, -0.15) is 0 Å². The Kier molecular flexibility index (Phi) is 2.05. The number of thiol groups is 1. The number of nitro groups is 1. The topological polar surface area (TPSA) is 85.4 Å². The van der Waals surface area contributed by atoms with Crippen LogP contribution in [0.25, 0.3) is 0 Å². The molecule has 0 aliphatic heterocycles. The maximum Gasteiger partial charge on any atom is 0.353 e. The molecule has 0 aromatic carbocycles. The lowest BCUT2D eigenvalue weighted by atomic mass is 10.4. The quantitative estimate of drug-likeness (QED) is 0.408. The van der Waals surface area contributed by atoms with Gasteiger partial charge in [-0.15, -0.1) is 0 Å². The molecule has 12 heavy (non-hydrogen) atoms. The van der Waals surface area contributed by atoms with Gasteiger partial charge in [0.15, 0.2) is 0 Å². The lowest BCUT2D eigenvalue weighted by Crippen LogP contribution is -1.99. The molecule has 0 amide bonds. The number of nitrogens with zero attached hydrogens (tertiary/aromatic N) is 2. The summed E-state index contributed by atoms with van der Waals surface area (Å²) in [7, 11) is 0. The van der Waals surface area contributed by atoms with E-state index in [1.54, 1.807) is 0 Å². The van der Waals surface area contributed by atoms with Crippen molar-refractivity contribution >= 4 is 24.5 Å². The number of carboxylic acid groups (broad SMARTS) is 1. The summed E-state index contributed by atoms with van der Waals surface area (Å²) in [5, 5.41) is 18.6. The maximum atomic E-state index is 10.4. The van der Waals surface area contributed by atoms with Gasteiger partial charge in [0.05, 0.1) is 11.1 Å². The van der Waals surface area contributed by atoms with Gasteiger partial charge in [-0.1, -0.05) is 12.8 Å². The Morgan fingerprint density at radius 3 is 2.58 bits per heavy atom. The molecule has 0 spiro atoms. The maximum absolute atomic E-state index is 10.4. The highest BCUT2D eigenvalue weighted by Crippen LogP contribution is 2.16. The number of rotatable bonds is 2. The minimum atomic E-state index is -1.25. The Balaban J connectivity index is 3.17. The van der Waals surface area contributed by atoms with Crippen LogP contribution in [-0.4, -0.2) is 20.0 Å². The third kappa shape index (κ3) is 1.40. The van der Waals surface area contributed by atoms with E-state index in [0.717, 1.165) is 16.2 Å². The van der Waals surface area contributed by atoms with Crippen molar-refractivity contribution < 1.29 is 14.8 Å². The molecule has 0 atom stereocenters. The monoisotopic (exact) mass is 188 g/mol. The average molecular weight is 188 g/mol. The van der Waals surface area contributed by atoms with Crippen molar-refractivity contribution in [2.24, 2.45) is 0 Å². The molecular weight excluding hydrogens is 184 g/mol. The highest BCUT2D eigenvalue weighted by atomic mass is 32.1. The summed E-state index contributed by atoms with van der Waals surface area (Å²) in [6, 6.07) is 0.940. The Morgan fingerprint density at radius 2 is 2.33 bits per heavy atom. The second-order valence-corrected chi connectivity index (χ2v) is 2.42. The molecule has 0 saturated carbocycles. The summed E-state index contributed by atoms with van der Waals surface area (Å²) in [5.41, 5.74) is -0.521. The summed E-state index contributed by atoms with van der Waals surface area (Å²) in [6.45, 7) is 0. The zero-order valence-corrected chi connectivity index (χ0v) is 6.56. The molecule has 1 rings (SSSR count). The van der Waals surface area contributed by atoms with E-state index < -0.39 is 10.9 Å². The number of carboxylic acids is 1. The summed E-state index contributed by atoms with van der Waals surface area (Å²) < 4.78 is 0.889. The van der Waals surface area contributed by atoms with Gasteiger partial charge in [0, 0.05) is 6.07 Å². The van der Waals surface area contributed by atoms with Gasteiger partial charge in [0.25, 0.3) is 5.69 Å². The molecule has 0 bridgehead atoms. The van der Waals surface area contributed by atoms with Crippen LogP contribution < -0.4 is 0 Å². The molecule has 0 saturated heterocycles. The first kappa shape index (κ1) is 8.60. The van der Waals surface area contributed by atoms with Gasteiger partial charge >= 0.3 is 5.97 Å². The number of carbonyl (C=O) groups is 1. The molecule has 1 N–H and O–H groups in total. The highest BCUT2D eigenvalue weighted by Gasteiger charge is 2.16. The summed E-state index contributed by atoms with van der Waals surface area (Å²) in [4.78, 5) is 19.8. The second kappa shape index (κ2) is 2.86. The molecular formula is C5H4N2O4S. The number of aromatic nitrogens is 1.